The van der Waals surface area contributed by atoms with Gasteiger partial charge < -0.3 is 15.2 Å². The van der Waals surface area contributed by atoms with Crippen LogP contribution in [0.4, 0.5) is 10.5 Å². The van der Waals surface area contributed by atoms with Gasteiger partial charge in [-0.15, -0.1) is 11.3 Å². The summed E-state index contributed by atoms with van der Waals surface area (Å²) in [7, 11) is 0. The zero-order valence-corrected chi connectivity index (χ0v) is 17.8. The molecule has 2 aromatic heterocycles. The number of rotatable bonds is 5. The second-order valence-corrected chi connectivity index (χ2v) is 8.41. The molecule has 2 heterocycles. The maximum absolute atomic E-state index is 13.0. The molecule has 0 saturated heterocycles. The first-order chi connectivity index (χ1) is 14.5. The van der Waals surface area contributed by atoms with Crippen molar-refractivity contribution >= 4 is 34.0 Å². The van der Waals surface area contributed by atoms with Crippen molar-refractivity contribution in [3.8, 4) is 0 Å². The number of carbonyl (C=O) groups excluding carboxylic acids is 1. The van der Waals surface area contributed by atoms with Crippen LogP contribution < -0.4 is 10.9 Å². The first-order valence-corrected chi connectivity index (χ1v) is 10.6. The summed E-state index contributed by atoms with van der Waals surface area (Å²) in [6.07, 6.45) is 0. The molecule has 0 bridgehead atoms. The van der Waals surface area contributed by atoms with Crippen LogP contribution in [0.5, 0.6) is 0 Å². The molecule has 4 rings (SSSR count). The lowest BCUT2D eigenvalue weighted by molar-refractivity contribution is 0.207. The lowest BCUT2D eigenvalue weighted by Gasteiger charge is -2.22. The van der Waals surface area contributed by atoms with Gasteiger partial charge in [0.15, 0.2) is 0 Å². The molecule has 6 heteroatoms. The van der Waals surface area contributed by atoms with Gasteiger partial charge in [0.1, 0.15) is 0 Å². The van der Waals surface area contributed by atoms with Crippen molar-refractivity contribution < 1.29 is 4.79 Å². The normalized spacial score (nSPS) is 10.9. The van der Waals surface area contributed by atoms with Crippen LogP contribution in [0.2, 0.25) is 0 Å². The number of fused-ring (bicyclic) bond motifs is 1. The van der Waals surface area contributed by atoms with E-state index in [0.717, 1.165) is 32.6 Å². The summed E-state index contributed by atoms with van der Waals surface area (Å²) in [6, 6.07) is 19.0. The van der Waals surface area contributed by atoms with Crippen LogP contribution in [0.25, 0.3) is 10.9 Å². The first kappa shape index (κ1) is 19.9. The van der Waals surface area contributed by atoms with Gasteiger partial charge in [-0.2, -0.15) is 0 Å². The van der Waals surface area contributed by atoms with Gasteiger partial charge in [-0.25, -0.2) is 4.79 Å². The van der Waals surface area contributed by atoms with Crippen LogP contribution in [0.3, 0.4) is 0 Å². The van der Waals surface area contributed by atoms with Gasteiger partial charge in [-0.1, -0.05) is 24.3 Å². The van der Waals surface area contributed by atoms with Crippen LogP contribution in [0.15, 0.2) is 70.8 Å². The third kappa shape index (κ3) is 4.44. The zero-order valence-electron chi connectivity index (χ0n) is 16.9. The number of urea groups is 1. The van der Waals surface area contributed by atoms with Crippen LogP contribution in [-0.2, 0) is 13.1 Å². The van der Waals surface area contributed by atoms with Gasteiger partial charge in [0, 0.05) is 21.6 Å². The van der Waals surface area contributed by atoms with Gasteiger partial charge >= 0.3 is 6.03 Å². The molecule has 0 saturated carbocycles. The molecule has 2 N–H and O–H groups in total. The van der Waals surface area contributed by atoms with Crippen molar-refractivity contribution in [1.29, 1.82) is 0 Å². The number of aromatic amines is 1. The van der Waals surface area contributed by atoms with E-state index in [2.05, 4.69) is 23.3 Å². The number of thiophene rings is 1. The Bertz CT molecular complexity index is 1230. The number of anilines is 1. The number of nitrogens with one attached hydrogen (secondary N) is 2. The van der Waals surface area contributed by atoms with Crippen LogP contribution in [0.1, 0.15) is 21.6 Å². The minimum atomic E-state index is -0.241. The Labute approximate surface area is 179 Å². The summed E-state index contributed by atoms with van der Waals surface area (Å²) in [5, 5.41) is 5.88. The molecule has 0 aliphatic carbocycles. The number of pyridine rings is 1. The van der Waals surface area contributed by atoms with Crippen molar-refractivity contribution in [2.45, 2.75) is 26.9 Å². The number of aromatic nitrogens is 1. The van der Waals surface area contributed by atoms with E-state index < -0.39 is 0 Å². The highest BCUT2D eigenvalue weighted by atomic mass is 32.1. The number of carbonyl (C=O) groups is 1. The molecule has 152 valence electrons. The van der Waals surface area contributed by atoms with Crippen molar-refractivity contribution in [3.05, 3.63) is 98.0 Å². The number of amides is 2. The number of H-pyrrole nitrogens is 1. The van der Waals surface area contributed by atoms with Crippen molar-refractivity contribution in [2.75, 3.05) is 5.32 Å². The molecule has 0 aliphatic heterocycles. The summed E-state index contributed by atoms with van der Waals surface area (Å²) in [5.74, 6) is 0. The molecule has 0 fully saturated rings. The molecule has 0 unspecified atom stereocenters. The third-order valence-corrected chi connectivity index (χ3v) is 6.00. The molecular weight excluding hydrogens is 394 g/mol. The van der Waals surface area contributed by atoms with Crippen LogP contribution in [-0.4, -0.2) is 15.9 Å². The molecule has 4 aromatic rings. The fourth-order valence-electron chi connectivity index (χ4n) is 3.36. The average molecular weight is 418 g/mol. The van der Waals surface area contributed by atoms with E-state index in [1.165, 1.54) is 0 Å². The fraction of sp³-hybridized carbons (Fsp3) is 0.167. The Morgan fingerprint density at radius 3 is 2.50 bits per heavy atom. The molecule has 30 heavy (non-hydrogen) atoms. The predicted molar refractivity (Wildman–Crippen MR) is 123 cm³/mol. The number of aryl methyl sites for hydroxylation is 2. The van der Waals surface area contributed by atoms with Crippen molar-refractivity contribution in [1.82, 2.24) is 9.88 Å². The molecule has 0 radical (unpaired) electrons. The molecule has 0 atom stereocenters. The zero-order chi connectivity index (χ0) is 21.1. The average Bonchev–Trinajstić information content (AvgIpc) is 3.23. The quantitative estimate of drug-likeness (QED) is 0.454. The van der Waals surface area contributed by atoms with E-state index in [4.69, 9.17) is 0 Å². The Hall–Kier alpha value is -3.38. The number of para-hydroxylation sites is 1. The largest absolute Gasteiger partial charge is 0.322 e. The van der Waals surface area contributed by atoms with E-state index >= 15 is 0 Å². The van der Waals surface area contributed by atoms with Gasteiger partial charge in [0.05, 0.1) is 13.1 Å². The van der Waals surface area contributed by atoms with E-state index in [-0.39, 0.29) is 18.1 Å². The smallest absolute Gasteiger partial charge is 0.322 e. The molecular formula is C24H23N3O2S. The SMILES string of the molecule is Cc1cc2cc(CN(Cc3cccs3)C(=O)Nc3ccccc3)c(=O)[nH]c2cc1C. The number of nitrogens with zero attached hydrogens (tertiary/aromatic N) is 1. The van der Waals surface area contributed by atoms with Crippen LogP contribution in [0, 0.1) is 13.8 Å². The molecule has 5 nitrogen and oxygen atoms in total. The second-order valence-electron chi connectivity index (χ2n) is 7.38. The Morgan fingerprint density at radius 1 is 1.00 bits per heavy atom. The van der Waals surface area contributed by atoms with Crippen molar-refractivity contribution in [2.24, 2.45) is 0 Å². The standard InChI is InChI=1S/C24H23N3O2S/c1-16-11-18-13-19(23(28)26-22(18)12-17(16)2)14-27(15-21-9-6-10-30-21)24(29)25-20-7-4-3-5-8-20/h3-13H,14-15H2,1-2H3,(H,25,29)(H,26,28). The monoisotopic (exact) mass is 417 g/mol. The number of hydrogen-bond donors (Lipinski definition) is 2. The third-order valence-electron chi connectivity index (χ3n) is 5.14. The molecule has 0 spiro atoms. The Morgan fingerprint density at radius 2 is 1.77 bits per heavy atom. The number of hydrogen-bond acceptors (Lipinski definition) is 3. The lowest BCUT2D eigenvalue weighted by Crippen LogP contribution is -2.35. The minimum absolute atomic E-state index is 0.172. The van der Waals surface area contributed by atoms with E-state index in [1.807, 2.05) is 66.9 Å². The van der Waals surface area contributed by atoms with Gasteiger partial charge in [-0.05, 0) is 72.1 Å². The maximum Gasteiger partial charge on any atom is 0.322 e. The summed E-state index contributed by atoms with van der Waals surface area (Å²) in [4.78, 5) is 31.4. The first-order valence-electron chi connectivity index (χ1n) is 9.76. The summed E-state index contributed by atoms with van der Waals surface area (Å²) in [6.45, 7) is 4.73. The molecule has 2 amide bonds. The second kappa shape index (κ2) is 8.55. The highest BCUT2D eigenvalue weighted by Crippen LogP contribution is 2.20. The van der Waals surface area contributed by atoms with E-state index in [9.17, 15) is 9.59 Å². The topological polar surface area (TPSA) is 65.2 Å². The van der Waals surface area contributed by atoms with Gasteiger partial charge in [-0.3, -0.25) is 4.79 Å². The molecule has 0 aliphatic rings. The minimum Gasteiger partial charge on any atom is -0.322 e. The maximum atomic E-state index is 13.0. The number of benzene rings is 2. The van der Waals surface area contributed by atoms with Crippen LogP contribution >= 0.6 is 11.3 Å². The highest BCUT2D eigenvalue weighted by molar-refractivity contribution is 7.09. The molecule has 2 aromatic carbocycles. The summed E-state index contributed by atoms with van der Waals surface area (Å²) < 4.78 is 0. The summed E-state index contributed by atoms with van der Waals surface area (Å²) >= 11 is 1.59. The Kier molecular flexibility index (Phi) is 5.68. The summed E-state index contributed by atoms with van der Waals surface area (Å²) in [5.41, 5.74) is 4.22. The fourth-order valence-corrected chi connectivity index (χ4v) is 4.08. The highest BCUT2D eigenvalue weighted by Gasteiger charge is 2.17. The van der Waals surface area contributed by atoms with Gasteiger partial charge in [0.25, 0.3) is 5.56 Å². The van der Waals surface area contributed by atoms with E-state index in [1.54, 1.807) is 16.2 Å². The predicted octanol–water partition coefficient (Wildman–Crippen LogP) is 5.44. The van der Waals surface area contributed by atoms with E-state index in [0.29, 0.717) is 12.1 Å². The van der Waals surface area contributed by atoms with Gasteiger partial charge in [0.2, 0.25) is 0 Å². The lowest BCUT2D eigenvalue weighted by atomic mass is 10.0. The Balaban J connectivity index is 1.65. The van der Waals surface area contributed by atoms with Crippen molar-refractivity contribution in [3.63, 3.8) is 0 Å².